The third-order valence-electron chi connectivity index (χ3n) is 5.18. The summed E-state index contributed by atoms with van der Waals surface area (Å²) in [6, 6.07) is 9.48. The first-order chi connectivity index (χ1) is 13.5. The van der Waals surface area contributed by atoms with Crippen molar-refractivity contribution in [3.05, 3.63) is 67.5 Å². The Bertz CT molecular complexity index is 967. The van der Waals surface area contributed by atoms with Gasteiger partial charge >= 0.3 is 6.09 Å². The van der Waals surface area contributed by atoms with Crippen LogP contribution in [0.5, 0.6) is 0 Å². The molecular weight excluding hydrogens is 456 g/mol. The highest BCUT2D eigenvalue weighted by atomic mass is 79.9. The second-order valence-electron chi connectivity index (χ2n) is 8.50. The molecule has 0 aliphatic carbocycles. The second kappa shape index (κ2) is 8.52. The van der Waals surface area contributed by atoms with E-state index in [1.54, 1.807) is 28.8 Å². The average Bonchev–Trinajstić information content (AvgIpc) is 2.62. The lowest BCUT2D eigenvalue weighted by Gasteiger charge is -2.40. The van der Waals surface area contributed by atoms with Crippen LogP contribution in [0, 0.1) is 0 Å². The summed E-state index contributed by atoms with van der Waals surface area (Å²) in [5.41, 5.74) is 1.34. The molecule has 0 spiro atoms. The topological polar surface area (TPSA) is 51.5 Å². The Kier molecular flexibility index (Phi) is 6.44. The number of hydrogen-bond donors (Lipinski definition) is 0. The number of aromatic nitrogens is 1. The molecule has 2 heterocycles. The van der Waals surface area contributed by atoms with Gasteiger partial charge in [0, 0.05) is 47.8 Å². The number of amides is 1. The van der Waals surface area contributed by atoms with Crippen LogP contribution in [0.3, 0.4) is 0 Å². The van der Waals surface area contributed by atoms with E-state index in [-0.39, 0.29) is 23.5 Å². The molecule has 0 radical (unpaired) electrons. The second-order valence-corrected chi connectivity index (χ2v) is 9.83. The summed E-state index contributed by atoms with van der Waals surface area (Å²) >= 11 is 10.0. The van der Waals surface area contributed by atoms with Crippen LogP contribution in [-0.2, 0) is 11.8 Å². The van der Waals surface area contributed by atoms with E-state index in [1.165, 1.54) is 0 Å². The van der Waals surface area contributed by atoms with Crippen molar-refractivity contribution >= 4 is 33.6 Å². The Hall–Kier alpha value is -1.79. The third kappa shape index (κ3) is 5.23. The number of rotatable bonds is 2. The minimum absolute atomic E-state index is 0.0380. The summed E-state index contributed by atoms with van der Waals surface area (Å²) in [6.07, 6.45) is 2.19. The van der Waals surface area contributed by atoms with Crippen LogP contribution in [0.1, 0.15) is 50.2 Å². The van der Waals surface area contributed by atoms with Crippen molar-refractivity contribution in [2.24, 2.45) is 7.05 Å². The number of pyridine rings is 1. The van der Waals surface area contributed by atoms with Crippen LogP contribution in [0.15, 0.2) is 45.8 Å². The van der Waals surface area contributed by atoms with Crippen LogP contribution < -0.4 is 5.56 Å². The number of piperidine rings is 1. The zero-order valence-corrected chi connectivity index (χ0v) is 19.5. The molecule has 156 valence electrons. The lowest BCUT2D eigenvalue weighted by molar-refractivity contribution is 0.0184. The molecule has 5 nitrogen and oxygen atoms in total. The number of ether oxygens (including phenoxy) is 1. The molecule has 29 heavy (non-hydrogen) atoms. The molecule has 3 rings (SSSR count). The van der Waals surface area contributed by atoms with Gasteiger partial charge in [-0.25, -0.2) is 4.79 Å². The maximum Gasteiger partial charge on any atom is 0.410 e. The molecular formula is C22H26BrClN2O3. The number of hydrogen-bond acceptors (Lipinski definition) is 3. The van der Waals surface area contributed by atoms with Gasteiger partial charge in [-0.15, -0.1) is 0 Å². The first-order valence-corrected chi connectivity index (χ1v) is 10.8. The fourth-order valence-corrected chi connectivity index (χ4v) is 4.57. The molecule has 2 atom stereocenters. The molecule has 1 saturated heterocycles. The Morgan fingerprint density at radius 1 is 1.21 bits per heavy atom. The van der Waals surface area contributed by atoms with Gasteiger partial charge in [-0.05, 0) is 62.4 Å². The van der Waals surface area contributed by atoms with E-state index in [2.05, 4.69) is 15.9 Å². The Balaban J connectivity index is 1.97. The first-order valence-electron chi connectivity index (χ1n) is 9.64. The smallest absolute Gasteiger partial charge is 0.410 e. The molecule has 1 amide bonds. The van der Waals surface area contributed by atoms with Crippen LogP contribution in [0.2, 0.25) is 5.02 Å². The van der Waals surface area contributed by atoms with E-state index in [0.717, 1.165) is 22.0 Å². The van der Waals surface area contributed by atoms with E-state index in [4.69, 9.17) is 16.3 Å². The fourth-order valence-electron chi connectivity index (χ4n) is 3.76. The molecule has 0 unspecified atom stereocenters. The Morgan fingerprint density at radius 3 is 2.55 bits per heavy atom. The fraction of sp³-hybridized carbons (Fsp3) is 0.455. The van der Waals surface area contributed by atoms with Crippen molar-refractivity contribution in [2.45, 2.75) is 44.6 Å². The van der Waals surface area contributed by atoms with Crippen molar-refractivity contribution in [1.29, 1.82) is 0 Å². The zero-order valence-electron chi connectivity index (χ0n) is 17.1. The molecule has 1 aliphatic rings. The molecule has 1 aromatic heterocycles. The summed E-state index contributed by atoms with van der Waals surface area (Å²) in [5, 5.41) is 0.643. The maximum absolute atomic E-state index is 12.7. The van der Waals surface area contributed by atoms with Crippen LogP contribution in [-0.4, -0.2) is 34.3 Å². The Labute approximate surface area is 184 Å². The highest BCUT2D eigenvalue weighted by Crippen LogP contribution is 2.42. The van der Waals surface area contributed by atoms with Gasteiger partial charge in [0.15, 0.2) is 0 Å². The summed E-state index contributed by atoms with van der Waals surface area (Å²) in [5.74, 6) is 0.0465. The number of benzene rings is 1. The number of aryl methyl sites for hydroxylation is 1. The quantitative estimate of drug-likeness (QED) is 0.584. The number of carbonyl (C=O) groups excluding carboxylic acids is 1. The molecule has 0 bridgehead atoms. The summed E-state index contributed by atoms with van der Waals surface area (Å²) in [4.78, 5) is 26.6. The lowest BCUT2D eigenvalue weighted by atomic mass is 9.77. The SMILES string of the molecule is Cn1ccc([C@H]2CCN(C(=O)OC(C)(C)C)C[C@@H]2c2ccc(Br)cc2Cl)cc1=O. The van der Waals surface area contributed by atoms with Gasteiger partial charge in [0.2, 0.25) is 0 Å². The molecule has 0 N–H and O–H groups in total. The predicted octanol–water partition coefficient (Wildman–Crippen LogP) is 5.31. The van der Waals surface area contributed by atoms with Crippen molar-refractivity contribution in [2.75, 3.05) is 13.1 Å². The highest BCUT2D eigenvalue weighted by molar-refractivity contribution is 9.10. The monoisotopic (exact) mass is 480 g/mol. The standard InChI is InChI=1S/C22H26BrClN2O3/c1-22(2,3)29-21(28)26-10-8-16(14-7-9-25(4)20(27)11-14)18(13-26)17-6-5-15(23)12-19(17)24/h5-7,9,11-12,16,18H,8,10,13H2,1-4H3/t16-,18+/m1/s1. The largest absolute Gasteiger partial charge is 0.444 e. The van der Waals surface area contributed by atoms with Gasteiger partial charge in [-0.1, -0.05) is 33.6 Å². The average molecular weight is 482 g/mol. The van der Waals surface area contributed by atoms with Crippen molar-refractivity contribution in [1.82, 2.24) is 9.47 Å². The van der Waals surface area contributed by atoms with Gasteiger partial charge in [-0.3, -0.25) is 4.79 Å². The summed E-state index contributed by atoms with van der Waals surface area (Å²) in [7, 11) is 1.74. The molecule has 2 aromatic rings. The van der Waals surface area contributed by atoms with Crippen LogP contribution in [0.4, 0.5) is 4.79 Å². The number of nitrogens with zero attached hydrogens (tertiary/aromatic N) is 2. The van der Waals surface area contributed by atoms with Crippen molar-refractivity contribution in [3.8, 4) is 0 Å². The van der Waals surface area contributed by atoms with Crippen LogP contribution >= 0.6 is 27.5 Å². The van der Waals surface area contributed by atoms with E-state index in [0.29, 0.717) is 18.1 Å². The predicted molar refractivity (Wildman–Crippen MR) is 119 cm³/mol. The summed E-state index contributed by atoms with van der Waals surface area (Å²) < 4.78 is 8.04. The first kappa shape index (κ1) is 21.9. The summed E-state index contributed by atoms with van der Waals surface area (Å²) in [6.45, 7) is 6.64. The number of carbonyl (C=O) groups is 1. The number of halogens is 2. The third-order valence-corrected chi connectivity index (χ3v) is 6.00. The highest BCUT2D eigenvalue weighted by Gasteiger charge is 2.36. The van der Waals surface area contributed by atoms with E-state index >= 15 is 0 Å². The minimum atomic E-state index is -0.551. The number of likely N-dealkylation sites (tertiary alicyclic amines) is 1. The van der Waals surface area contributed by atoms with Gasteiger partial charge in [0.25, 0.3) is 5.56 Å². The molecule has 1 fully saturated rings. The van der Waals surface area contributed by atoms with Gasteiger partial charge in [0.05, 0.1) is 0 Å². The molecule has 0 saturated carbocycles. The van der Waals surface area contributed by atoms with Gasteiger partial charge < -0.3 is 14.2 Å². The van der Waals surface area contributed by atoms with Crippen molar-refractivity contribution < 1.29 is 9.53 Å². The minimum Gasteiger partial charge on any atom is -0.444 e. The molecule has 7 heteroatoms. The van der Waals surface area contributed by atoms with Gasteiger partial charge in [-0.2, -0.15) is 0 Å². The molecule has 1 aliphatic heterocycles. The van der Waals surface area contributed by atoms with Gasteiger partial charge in [0.1, 0.15) is 5.60 Å². The van der Waals surface area contributed by atoms with E-state index in [1.807, 2.05) is 45.0 Å². The Morgan fingerprint density at radius 2 is 1.93 bits per heavy atom. The normalized spacial score (nSPS) is 19.9. The van der Waals surface area contributed by atoms with Crippen LogP contribution in [0.25, 0.3) is 0 Å². The maximum atomic E-state index is 12.7. The van der Waals surface area contributed by atoms with E-state index in [9.17, 15) is 9.59 Å². The molecule has 1 aromatic carbocycles. The van der Waals surface area contributed by atoms with Crippen molar-refractivity contribution in [3.63, 3.8) is 0 Å². The zero-order chi connectivity index (χ0) is 21.3. The lowest BCUT2D eigenvalue weighted by Crippen LogP contribution is -2.44. The van der Waals surface area contributed by atoms with E-state index < -0.39 is 5.60 Å².